The SMILES string of the molecule is FC(F)(F)c1ccc(/N=c2\c3cc(-c4ccc(Br)cc4)oc3nc3n2CCCC3)cc1. The van der Waals surface area contributed by atoms with Crippen LogP contribution in [0.1, 0.15) is 24.2 Å². The molecule has 0 N–H and O–H groups in total. The summed E-state index contributed by atoms with van der Waals surface area (Å²) in [7, 11) is 0. The molecule has 0 unspecified atom stereocenters. The summed E-state index contributed by atoms with van der Waals surface area (Å²) in [5.41, 5.74) is 1.81. The maximum atomic E-state index is 12.9. The van der Waals surface area contributed by atoms with E-state index >= 15 is 0 Å². The number of aromatic nitrogens is 2. The molecule has 2 aromatic carbocycles. The summed E-state index contributed by atoms with van der Waals surface area (Å²) in [5.74, 6) is 1.54. The molecular weight excluding hydrogens is 471 g/mol. The van der Waals surface area contributed by atoms with E-state index in [4.69, 9.17) is 14.4 Å². The standard InChI is InChI=1S/C23H17BrF3N3O/c24-16-8-4-14(5-9-16)19-13-18-21(28-17-10-6-15(7-11-17)23(25,26)27)30-12-2-1-3-20(30)29-22(18)31-19/h4-11,13H,1-3,12H2/b28-21+. The van der Waals surface area contributed by atoms with Crippen LogP contribution in [0.5, 0.6) is 0 Å². The Bertz CT molecular complexity index is 1320. The molecule has 4 nitrogen and oxygen atoms in total. The summed E-state index contributed by atoms with van der Waals surface area (Å²) in [5, 5.41) is 0.739. The van der Waals surface area contributed by atoms with Crippen molar-refractivity contribution in [2.75, 3.05) is 0 Å². The van der Waals surface area contributed by atoms with Gasteiger partial charge < -0.3 is 8.98 Å². The maximum absolute atomic E-state index is 12.9. The van der Waals surface area contributed by atoms with Crippen molar-refractivity contribution in [1.82, 2.24) is 9.55 Å². The molecule has 0 spiro atoms. The van der Waals surface area contributed by atoms with E-state index in [2.05, 4.69) is 15.9 Å². The van der Waals surface area contributed by atoms with Gasteiger partial charge in [-0.15, -0.1) is 0 Å². The number of fused-ring (bicyclic) bond motifs is 2. The van der Waals surface area contributed by atoms with Gasteiger partial charge >= 0.3 is 6.18 Å². The largest absolute Gasteiger partial charge is 0.438 e. The number of hydrogen-bond acceptors (Lipinski definition) is 3. The van der Waals surface area contributed by atoms with Crippen molar-refractivity contribution in [3.05, 3.63) is 75.9 Å². The molecule has 0 amide bonds. The Morgan fingerprint density at radius 1 is 1.00 bits per heavy atom. The van der Waals surface area contributed by atoms with Gasteiger partial charge in [0.25, 0.3) is 0 Å². The zero-order valence-corrected chi connectivity index (χ0v) is 17.9. The number of nitrogens with zero attached hydrogens (tertiary/aromatic N) is 3. The van der Waals surface area contributed by atoms with Crippen LogP contribution in [0, 0.1) is 0 Å². The predicted octanol–water partition coefficient (Wildman–Crippen LogP) is 6.65. The molecule has 8 heteroatoms. The van der Waals surface area contributed by atoms with E-state index in [0.717, 1.165) is 59.2 Å². The summed E-state index contributed by atoms with van der Waals surface area (Å²) in [6.07, 6.45) is -1.55. The molecule has 0 saturated heterocycles. The highest BCUT2D eigenvalue weighted by Crippen LogP contribution is 2.31. The Hall–Kier alpha value is -2.87. The number of rotatable bonds is 2. The smallest absolute Gasteiger partial charge is 0.416 e. The van der Waals surface area contributed by atoms with Gasteiger partial charge in [0, 0.05) is 23.0 Å². The molecule has 0 radical (unpaired) electrons. The molecule has 0 fully saturated rings. The zero-order valence-electron chi connectivity index (χ0n) is 16.3. The van der Waals surface area contributed by atoms with Crippen LogP contribution in [-0.2, 0) is 19.1 Å². The second kappa shape index (κ2) is 7.67. The Labute approximate surface area is 184 Å². The highest BCUT2D eigenvalue weighted by Gasteiger charge is 2.30. The lowest BCUT2D eigenvalue weighted by atomic mass is 10.1. The maximum Gasteiger partial charge on any atom is 0.416 e. The van der Waals surface area contributed by atoms with Gasteiger partial charge in [-0.05, 0) is 55.3 Å². The van der Waals surface area contributed by atoms with Gasteiger partial charge in [-0.3, -0.25) is 0 Å². The van der Waals surface area contributed by atoms with E-state index in [9.17, 15) is 13.2 Å². The Balaban J connectivity index is 1.70. The molecule has 1 aliphatic rings. The fourth-order valence-corrected chi connectivity index (χ4v) is 4.04. The van der Waals surface area contributed by atoms with E-state index in [1.165, 1.54) is 12.1 Å². The number of benzene rings is 2. The molecule has 0 bridgehead atoms. The average molecular weight is 488 g/mol. The van der Waals surface area contributed by atoms with Crippen LogP contribution in [0.15, 0.2) is 68.5 Å². The fourth-order valence-electron chi connectivity index (χ4n) is 3.77. The molecule has 3 heterocycles. The minimum absolute atomic E-state index is 0.451. The minimum Gasteiger partial charge on any atom is -0.438 e. The van der Waals surface area contributed by atoms with E-state index in [1.807, 2.05) is 34.9 Å². The third-order valence-electron chi connectivity index (χ3n) is 5.34. The summed E-state index contributed by atoms with van der Waals surface area (Å²) in [6, 6.07) is 14.5. The van der Waals surface area contributed by atoms with Gasteiger partial charge in [-0.2, -0.15) is 18.2 Å². The van der Waals surface area contributed by atoms with Gasteiger partial charge in [0.15, 0.2) is 0 Å². The van der Waals surface area contributed by atoms with E-state index in [0.29, 0.717) is 22.6 Å². The normalized spacial score (nSPS) is 14.8. The predicted molar refractivity (Wildman–Crippen MR) is 115 cm³/mol. The molecule has 0 atom stereocenters. The summed E-state index contributed by atoms with van der Waals surface area (Å²) >= 11 is 3.43. The highest BCUT2D eigenvalue weighted by molar-refractivity contribution is 9.10. The van der Waals surface area contributed by atoms with E-state index < -0.39 is 11.7 Å². The lowest BCUT2D eigenvalue weighted by molar-refractivity contribution is -0.137. The number of furan rings is 1. The Morgan fingerprint density at radius 2 is 1.74 bits per heavy atom. The molecule has 0 saturated carbocycles. The molecule has 1 aliphatic heterocycles. The van der Waals surface area contributed by atoms with Crippen LogP contribution in [-0.4, -0.2) is 9.55 Å². The topological polar surface area (TPSA) is 43.3 Å². The summed E-state index contributed by atoms with van der Waals surface area (Å²) < 4.78 is 47.8. The van der Waals surface area contributed by atoms with Crippen molar-refractivity contribution in [3.8, 4) is 11.3 Å². The van der Waals surface area contributed by atoms with E-state index in [-0.39, 0.29) is 0 Å². The number of aryl methyl sites for hydroxylation is 1. The quantitative estimate of drug-likeness (QED) is 0.317. The second-order valence-electron chi connectivity index (χ2n) is 7.45. The average Bonchev–Trinajstić information content (AvgIpc) is 3.18. The highest BCUT2D eigenvalue weighted by atomic mass is 79.9. The van der Waals surface area contributed by atoms with E-state index in [1.54, 1.807) is 0 Å². The summed E-state index contributed by atoms with van der Waals surface area (Å²) in [6.45, 7) is 0.760. The van der Waals surface area contributed by atoms with Gasteiger partial charge in [-0.1, -0.05) is 28.1 Å². The Kier molecular flexibility index (Phi) is 4.97. The molecule has 31 heavy (non-hydrogen) atoms. The van der Waals surface area contributed by atoms with Crippen molar-refractivity contribution in [2.45, 2.75) is 32.0 Å². The van der Waals surface area contributed by atoms with Crippen LogP contribution >= 0.6 is 15.9 Å². The van der Waals surface area contributed by atoms with Crippen LogP contribution in [0.25, 0.3) is 22.4 Å². The molecule has 2 aromatic heterocycles. The van der Waals surface area contributed by atoms with Crippen LogP contribution in [0.4, 0.5) is 18.9 Å². The lowest BCUT2D eigenvalue weighted by Gasteiger charge is -2.18. The monoisotopic (exact) mass is 487 g/mol. The van der Waals surface area contributed by atoms with Gasteiger partial charge in [0.2, 0.25) is 5.71 Å². The first kappa shape index (κ1) is 20.1. The van der Waals surface area contributed by atoms with Crippen molar-refractivity contribution in [3.63, 3.8) is 0 Å². The molecule has 5 rings (SSSR count). The van der Waals surface area contributed by atoms with Crippen molar-refractivity contribution in [1.29, 1.82) is 0 Å². The molecule has 158 valence electrons. The minimum atomic E-state index is -4.37. The zero-order chi connectivity index (χ0) is 21.6. The first-order valence-corrected chi connectivity index (χ1v) is 10.7. The third kappa shape index (κ3) is 3.92. The fraction of sp³-hybridized carbons (Fsp3) is 0.217. The van der Waals surface area contributed by atoms with Crippen LogP contribution in [0.2, 0.25) is 0 Å². The van der Waals surface area contributed by atoms with Crippen molar-refractivity contribution in [2.24, 2.45) is 4.99 Å². The molecule has 0 aliphatic carbocycles. The van der Waals surface area contributed by atoms with Gasteiger partial charge in [-0.25, -0.2) is 4.99 Å². The third-order valence-corrected chi connectivity index (χ3v) is 5.87. The number of hydrogen-bond donors (Lipinski definition) is 0. The number of alkyl halides is 3. The first-order chi connectivity index (χ1) is 14.9. The first-order valence-electron chi connectivity index (χ1n) is 9.90. The van der Waals surface area contributed by atoms with Crippen LogP contribution < -0.4 is 5.49 Å². The Morgan fingerprint density at radius 3 is 2.45 bits per heavy atom. The van der Waals surface area contributed by atoms with Crippen LogP contribution in [0.3, 0.4) is 0 Å². The van der Waals surface area contributed by atoms with Gasteiger partial charge in [0.1, 0.15) is 17.1 Å². The number of halogens is 4. The van der Waals surface area contributed by atoms with Crippen molar-refractivity contribution >= 4 is 32.7 Å². The molecular formula is C23H17BrF3N3O. The van der Waals surface area contributed by atoms with Gasteiger partial charge in [0.05, 0.1) is 16.6 Å². The summed E-state index contributed by atoms with van der Waals surface area (Å²) in [4.78, 5) is 9.42. The van der Waals surface area contributed by atoms with Crippen molar-refractivity contribution < 1.29 is 17.6 Å². The second-order valence-corrected chi connectivity index (χ2v) is 8.37. The molecule has 4 aromatic rings. The lowest BCUT2D eigenvalue weighted by Crippen LogP contribution is -2.28.